The maximum atomic E-state index is 3.57. The first-order valence-corrected chi connectivity index (χ1v) is 8.49. The van der Waals surface area contributed by atoms with Crippen LogP contribution >= 0.6 is 0 Å². The molecule has 1 aliphatic rings. The van der Waals surface area contributed by atoms with Gasteiger partial charge in [0.1, 0.15) is 0 Å². The van der Waals surface area contributed by atoms with Crippen molar-refractivity contribution in [3.05, 3.63) is 24.3 Å². The number of hydrogen-bond donors (Lipinski definition) is 1. The number of nitrogens with zero attached hydrogens (tertiary/aromatic N) is 1. The Hall–Kier alpha value is -1.18. The molecule has 0 aliphatic carbocycles. The van der Waals surface area contributed by atoms with E-state index in [0.717, 1.165) is 6.54 Å². The molecule has 20 heavy (non-hydrogen) atoms. The molecule has 1 N–H and O–H groups in total. The number of nitrogens with one attached hydrogen (secondary N) is 1. The molecule has 2 heteroatoms. The lowest BCUT2D eigenvalue weighted by Crippen LogP contribution is -2.17. The van der Waals surface area contributed by atoms with Crippen LogP contribution in [0.2, 0.25) is 0 Å². The topological polar surface area (TPSA) is 15.3 Å². The van der Waals surface area contributed by atoms with E-state index in [4.69, 9.17) is 0 Å². The number of rotatable bonds is 9. The fraction of sp³-hybridized carbons (Fsp3) is 0.667. The zero-order valence-electron chi connectivity index (χ0n) is 13.0. The van der Waals surface area contributed by atoms with E-state index in [9.17, 15) is 0 Å². The first-order valence-electron chi connectivity index (χ1n) is 8.49. The molecule has 2 nitrogen and oxygen atoms in total. The Labute approximate surface area is 124 Å². The zero-order valence-corrected chi connectivity index (χ0v) is 13.0. The SMILES string of the molecule is CCCCCCCCNc1cccc(N2CCCC2)c1. The Morgan fingerprint density at radius 3 is 2.55 bits per heavy atom. The summed E-state index contributed by atoms with van der Waals surface area (Å²) in [6.07, 6.45) is 10.9. The Morgan fingerprint density at radius 1 is 1.00 bits per heavy atom. The molecular formula is C18H30N2. The van der Waals surface area contributed by atoms with Crippen molar-refractivity contribution in [2.45, 2.75) is 58.3 Å². The maximum Gasteiger partial charge on any atom is 0.0386 e. The summed E-state index contributed by atoms with van der Waals surface area (Å²) >= 11 is 0. The standard InChI is InChI=1S/C18H30N2/c1-2-3-4-5-6-7-13-19-17-11-10-12-18(16-17)20-14-8-9-15-20/h10-12,16,19H,2-9,13-15H2,1H3. The molecule has 0 unspecified atom stereocenters. The van der Waals surface area contributed by atoms with Crippen LogP contribution in [-0.4, -0.2) is 19.6 Å². The summed E-state index contributed by atoms with van der Waals surface area (Å²) in [6, 6.07) is 8.91. The minimum atomic E-state index is 1.11. The van der Waals surface area contributed by atoms with E-state index < -0.39 is 0 Å². The molecule has 1 aromatic rings. The normalized spacial score (nSPS) is 14.8. The summed E-state index contributed by atoms with van der Waals surface area (Å²) in [5.41, 5.74) is 2.67. The molecule has 112 valence electrons. The Kier molecular flexibility index (Phi) is 6.76. The molecule has 0 spiro atoms. The van der Waals surface area contributed by atoms with Gasteiger partial charge in [0.25, 0.3) is 0 Å². The van der Waals surface area contributed by atoms with E-state index in [1.165, 1.54) is 75.8 Å². The zero-order chi connectivity index (χ0) is 14.0. The molecule has 1 saturated heterocycles. The van der Waals surface area contributed by atoms with Gasteiger partial charge in [0.2, 0.25) is 0 Å². The second-order valence-corrected chi connectivity index (χ2v) is 5.94. The average molecular weight is 274 g/mol. The van der Waals surface area contributed by atoms with Gasteiger partial charge in [0.05, 0.1) is 0 Å². The van der Waals surface area contributed by atoms with E-state index in [1.807, 2.05) is 0 Å². The minimum Gasteiger partial charge on any atom is -0.385 e. The highest BCUT2D eigenvalue weighted by Crippen LogP contribution is 2.23. The van der Waals surface area contributed by atoms with Gasteiger partial charge in [-0.15, -0.1) is 0 Å². The molecule has 1 heterocycles. The minimum absolute atomic E-state index is 1.11. The molecule has 2 rings (SSSR count). The third-order valence-corrected chi connectivity index (χ3v) is 4.18. The first kappa shape index (κ1) is 15.2. The Morgan fingerprint density at radius 2 is 1.75 bits per heavy atom. The van der Waals surface area contributed by atoms with Crippen molar-refractivity contribution in [1.29, 1.82) is 0 Å². The summed E-state index contributed by atoms with van der Waals surface area (Å²) < 4.78 is 0. The van der Waals surface area contributed by atoms with Crippen molar-refractivity contribution in [1.82, 2.24) is 0 Å². The fourth-order valence-corrected chi connectivity index (χ4v) is 2.93. The van der Waals surface area contributed by atoms with Crippen molar-refractivity contribution in [2.75, 3.05) is 29.9 Å². The molecule has 0 radical (unpaired) electrons. The maximum absolute atomic E-state index is 3.57. The van der Waals surface area contributed by atoms with Gasteiger partial charge < -0.3 is 10.2 Å². The summed E-state index contributed by atoms with van der Waals surface area (Å²) in [7, 11) is 0. The highest BCUT2D eigenvalue weighted by atomic mass is 15.1. The van der Waals surface area contributed by atoms with E-state index in [1.54, 1.807) is 0 Å². The number of benzene rings is 1. The van der Waals surface area contributed by atoms with Gasteiger partial charge in [0.15, 0.2) is 0 Å². The second-order valence-electron chi connectivity index (χ2n) is 5.94. The second kappa shape index (κ2) is 8.89. The number of anilines is 2. The van der Waals surface area contributed by atoms with E-state index in [-0.39, 0.29) is 0 Å². The summed E-state index contributed by atoms with van der Waals surface area (Å²) in [5.74, 6) is 0. The molecule has 0 saturated carbocycles. The van der Waals surface area contributed by atoms with E-state index in [2.05, 4.69) is 41.4 Å². The quantitative estimate of drug-likeness (QED) is 0.633. The molecule has 1 aromatic carbocycles. The van der Waals surface area contributed by atoms with Crippen LogP contribution in [0.3, 0.4) is 0 Å². The van der Waals surface area contributed by atoms with E-state index >= 15 is 0 Å². The molecule has 0 atom stereocenters. The molecule has 0 bridgehead atoms. The lowest BCUT2D eigenvalue weighted by Gasteiger charge is -2.18. The van der Waals surface area contributed by atoms with Crippen molar-refractivity contribution in [3.8, 4) is 0 Å². The van der Waals surface area contributed by atoms with E-state index in [0.29, 0.717) is 0 Å². The lowest BCUT2D eigenvalue weighted by molar-refractivity contribution is 0.617. The average Bonchev–Trinajstić information content (AvgIpc) is 3.01. The van der Waals surface area contributed by atoms with Crippen LogP contribution in [0.25, 0.3) is 0 Å². The van der Waals surface area contributed by atoms with Crippen LogP contribution in [0.1, 0.15) is 58.3 Å². The van der Waals surface area contributed by atoms with Crippen molar-refractivity contribution in [2.24, 2.45) is 0 Å². The molecule has 0 aromatic heterocycles. The highest BCUT2D eigenvalue weighted by molar-refractivity contribution is 5.58. The van der Waals surface area contributed by atoms with Crippen LogP contribution < -0.4 is 10.2 Å². The summed E-state index contributed by atoms with van der Waals surface area (Å²) in [5, 5.41) is 3.57. The molecule has 1 fully saturated rings. The summed E-state index contributed by atoms with van der Waals surface area (Å²) in [6.45, 7) is 5.83. The smallest absolute Gasteiger partial charge is 0.0386 e. The van der Waals surface area contributed by atoms with Gasteiger partial charge in [-0.05, 0) is 37.5 Å². The molecule has 0 amide bonds. The largest absolute Gasteiger partial charge is 0.385 e. The molecular weight excluding hydrogens is 244 g/mol. The van der Waals surface area contributed by atoms with Crippen molar-refractivity contribution in [3.63, 3.8) is 0 Å². The first-order chi connectivity index (χ1) is 9.90. The predicted octanol–water partition coefficient (Wildman–Crippen LogP) is 5.06. The van der Waals surface area contributed by atoms with Crippen LogP contribution in [0.5, 0.6) is 0 Å². The third kappa shape index (κ3) is 5.07. The lowest BCUT2D eigenvalue weighted by atomic mass is 10.1. The van der Waals surface area contributed by atoms with Crippen molar-refractivity contribution < 1.29 is 0 Å². The Bertz CT molecular complexity index is 369. The van der Waals surface area contributed by atoms with Crippen LogP contribution in [0, 0.1) is 0 Å². The number of hydrogen-bond acceptors (Lipinski definition) is 2. The van der Waals surface area contributed by atoms with Gasteiger partial charge in [0, 0.05) is 31.0 Å². The van der Waals surface area contributed by atoms with Gasteiger partial charge in [-0.25, -0.2) is 0 Å². The van der Waals surface area contributed by atoms with Crippen LogP contribution in [-0.2, 0) is 0 Å². The Balaban J connectivity index is 1.66. The number of unbranched alkanes of at least 4 members (excludes halogenated alkanes) is 5. The van der Waals surface area contributed by atoms with Gasteiger partial charge in [-0.3, -0.25) is 0 Å². The summed E-state index contributed by atoms with van der Waals surface area (Å²) in [4.78, 5) is 2.50. The van der Waals surface area contributed by atoms with Gasteiger partial charge >= 0.3 is 0 Å². The van der Waals surface area contributed by atoms with Gasteiger partial charge in [-0.1, -0.05) is 45.1 Å². The fourth-order valence-electron chi connectivity index (χ4n) is 2.93. The van der Waals surface area contributed by atoms with Crippen molar-refractivity contribution >= 4 is 11.4 Å². The van der Waals surface area contributed by atoms with Gasteiger partial charge in [-0.2, -0.15) is 0 Å². The van der Waals surface area contributed by atoms with Crippen LogP contribution in [0.4, 0.5) is 11.4 Å². The van der Waals surface area contributed by atoms with Crippen LogP contribution in [0.15, 0.2) is 24.3 Å². The third-order valence-electron chi connectivity index (χ3n) is 4.18. The monoisotopic (exact) mass is 274 g/mol. The predicted molar refractivity (Wildman–Crippen MR) is 89.8 cm³/mol. The molecule has 1 aliphatic heterocycles. The highest BCUT2D eigenvalue weighted by Gasteiger charge is 2.11.